The normalized spacial score (nSPS) is 22.3. The predicted octanol–water partition coefficient (Wildman–Crippen LogP) is 7.50. The van der Waals surface area contributed by atoms with Crippen molar-refractivity contribution < 1.29 is 23.6 Å². The number of anilines is 1. The maximum atomic E-state index is 13.5. The summed E-state index contributed by atoms with van der Waals surface area (Å²) < 4.78 is 17.7. The lowest BCUT2D eigenvalue weighted by Crippen LogP contribution is -2.43. The molecular formula is C31H32Cl2N2O5. The van der Waals surface area contributed by atoms with E-state index in [0.717, 1.165) is 48.3 Å². The molecule has 3 atom stereocenters. The molecule has 0 N–H and O–H groups in total. The summed E-state index contributed by atoms with van der Waals surface area (Å²) in [5.41, 5.74) is 3.61. The third-order valence-electron chi connectivity index (χ3n) is 7.91. The van der Waals surface area contributed by atoms with Crippen LogP contribution in [0.25, 0.3) is 11.3 Å². The molecule has 3 aromatic rings. The maximum Gasteiger partial charge on any atom is 0.338 e. The Balaban J connectivity index is 1.17. The largest absolute Gasteiger partial charge is 0.456 e. The van der Waals surface area contributed by atoms with Gasteiger partial charge < -0.3 is 18.9 Å². The van der Waals surface area contributed by atoms with Crippen LogP contribution in [0.4, 0.5) is 5.69 Å². The van der Waals surface area contributed by atoms with Gasteiger partial charge in [0.15, 0.2) is 0 Å². The van der Waals surface area contributed by atoms with Gasteiger partial charge in [-0.25, -0.2) is 4.79 Å². The Kier molecular flexibility index (Phi) is 6.96. The van der Waals surface area contributed by atoms with E-state index in [-0.39, 0.29) is 36.5 Å². The molecule has 2 bridgehead atoms. The second-order valence-electron chi connectivity index (χ2n) is 12.0. The van der Waals surface area contributed by atoms with Gasteiger partial charge in [0.2, 0.25) is 5.91 Å². The van der Waals surface area contributed by atoms with E-state index in [4.69, 9.17) is 37.2 Å². The van der Waals surface area contributed by atoms with Gasteiger partial charge in [0, 0.05) is 28.8 Å². The lowest BCUT2D eigenvalue weighted by atomic mass is 10.0. The molecular weight excluding hydrogens is 551 g/mol. The Morgan fingerprint density at radius 3 is 2.48 bits per heavy atom. The van der Waals surface area contributed by atoms with Crippen LogP contribution in [0.1, 0.15) is 79.6 Å². The number of amides is 1. The molecule has 1 amide bonds. The van der Waals surface area contributed by atoms with E-state index < -0.39 is 5.60 Å². The number of aromatic nitrogens is 1. The molecule has 0 spiro atoms. The molecule has 2 aromatic carbocycles. The van der Waals surface area contributed by atoms with Crippen molar-refractivity contribution in [2.75, 3.05) is 4.90 Å². The lowest BCUT2D eigenvalue weighted by molar-refractivity contribution is -0.126. The van der Waals surface area contributed by atoms with Crippen molar-refractivity contribution in [1.29, 1.82) is 0 Å². The number of piperidine rings is 1. The van der Waals surface area contributed by atoms with Crippen LogP contribution in [0.2, 0.25) is 10.0 Å². The van der Waals surface area contributed by atoms with Crippen molar-refractivity contribution in [2.45, 2.75) is 83.6 Å². The molecule has 0 radical (unpaired) electrons. The van der Waals surface area contributed by atoms with Gasteiger partial charge in [-0.05, 0) is 89.3 Å². The monoisotopic (exact) mass is 582 g/mol. The zero-order valence-electron chi connectivity index (χ0n) is 23.0. The summed E-state index contributed by atoms with van der Waals surface area (Å²) in [7, 11) is 0. The number of ether oxygens (including phenoxy) is 2. The van der Waals surface area contributed by atoms with Gasteiger partial charge in [-0.15, -0.1) is 0 Å². The van der Waals surface area contributed by atoms with E-state index in [1.165, 1.54) is 0 Å². The van der Waals surface area contributed by atoms with Gasteiger partial charge in [0.25, 0.3) is 0 Å². The third-order valence-corrected chi connectivity index (χ3v) is 8.54. The number of hydrogen-bond acceptors (Lipinski definition) is 6. The average molecular weight is 584 g/mol. The average Bonchev–Trinajstić information content (AvgIpc) is 3.38. The van der Waals surface area contributed by atoms with Crippen molar-refractivity contribution in [3.05, 3.63) is 68.9 Å². The van der Waals surface area contributed by atoms with Crippen molar-refractivity contribution in [2.24, 2.45) is 5.92 Å². The first-order chi connectivity index (χ1) is 19.0. The highest BCUT2D eigenvalue weighted by molar-refractivity contribution is 6.39. The Morgan fingerprint density at radius 2 is 1.85 bits per heavy atom. The highest BCUT2D eigenvalue weighted by Crippen LogP contribution is 2.48. The molecule has 2 aliphatic carbocycles. The zero-order chi connectivity index (χ0) is 28.3. The summed E-state index contributed by atoms with van der Waals surface area (Å²) in [5, 5.41) is 5.35. The molecule has 1 aliphatic heterocycles. The molecule has 1 aromatic heterocycles. The van der Waals surface area contributed by atoms with Gasteiger partial charge >= 0.3 is 5.97 Å². The van der Waals surface area contributed by atoms with Crippen LogP contribution < -0.4 is 4.90 Å². The standard InChI is InChI=1S/C31H32Cl2N2O5/c1-16-12-18(10-11-20(16)30(37)39-31(2,3)4)35-19-13-21(29(35)36)25(14-19)38-15-22-27(34-40-28(22)17-8-9-17)26-23(32)6-5-7-24(26)33/h5-7,10-12,17,19,21,25H,8-9,13-15H2,1-4H3/t19-,21+,25+/m0/s1. The van der Waals surface area contributed by atoms with E-state index in [2.05, 4.69) is 5.16 Å². The molecule has 7 nitrogen and oxygen atoms in total. The van der Waals surface area contributed by atoms with Crippen LogP contribution in [0.3, 0.4) is 0 Å². The molecule has 210 valence electrons. The number of nitrogens with zero attached hydrogens (tertiary/aromatic N) is 2. The lowest BCUT2D eigenvalue weighted by Gasteiger charge is -2.32. The minimum atomic E-state index is -0.576. The van der Waals surface area contributed by atoms with Crippen LogP contribution in [0.15, 0.2) is 40.9 Å². The Hall–Kier alpha value is -2.87. The maximum absolute atomic E-state index is 13.5. The van der Waals surface area contributed by atoms with E-state index in [1.807, 2.05) is 44.7 Å². The Labute approximate surface area is 243 Å². The van der Waals surface area contributed by atoms with Crippen LogP contribution in [0.5, 0.6) is 0 Å². The van der Waals surface area contributed by atoms with Crippen LogP contribution in [-0.4, -0.2) is 34.8 Å². The number of hydrogen-bond donors (Lipinski definition) is 0. The molecule has 3 aliphatic rings. The van der Waals surface area contributed by atoms with Gasteiger partial charge in [0.1, 0.15) is 17.1 Å². The summed E-state index contributed by atoms with van der Waals surface area (Å²) in [6.07, 6.45) is 3.36. The van der Waals surface area contributed by atoms with Gasteiger partial charge in [-0.1, -0.05) is 34.4 Å². The summed E-state index contributed by atoms with van der Waals surface area (Å²) in [5.74, 6) is 0.601. The topological polar surface area (TPSA) is 81.9 Å². The smallest absolute Gasteiger partial charge is 0.338 e. The highest BCUT2D eigenvalue weighted by Gasteiger charge is 2.52. The molecule has 0 unspecified atom stereocenters. The summed E-state index contributed by atoms with van der Waals surface area (Å²) in [6, 6.07) is 10.9. The van der Waals surface area contributed by atoms with Crippen molar-refractivity contribution >= 4 is 40.8 Å². The number of halogens is 2. The quantitative estimate of drug-likeness (QED) is 0.268. The third kappa shape index (κ3) is 5.04. The second-order valence-corrected chi connectivity index (χ2v) is 12.8. The van der Waals surface area contributed by atoms with Gasteiger partial charge in [-0.3, -0.25) is 4.79 Å². The fraction of sp³-hybridized carbons (Fsp3) is 0.452. The SMILES string of the molecule is Cc1cc(N2C(=O)[C@@H]3C[C@H]2C[C@H]3OCc2c(-c3c(Cl)cccc3Cl)noc2C2CC2)ccc1C(=O)OC(C)(C)C. The first-order valence-electron chi connectivity index (χ1n) is 13.7. The fourth-order valence-corrected chi connectivity index (χ4v) is 6.50. The first kappa shape index (κ1) is 27.3. The highest BCUT2D eigenvalue weighted by atomic mass is 35.5. The summed E-state index contributed by atoms with van der Waals surface area (Å²) in [6.45, 7) is 7.67. The minimum absolute atomic E-state index is 0.0390. The molecule has 3 fully saturated rings. The molecule has 40 heavy (non-hydrogen) atoms. The second kappa shape index (κ2) is 10.2. The fourth-order valence-electron chi connectivity index (χ4n) is 5.92. The molecule has 2 heterocycles. The van der Waals surface area contributed by atoms with E-state index in [9.17, 15) is 9.59 Å². The number of rotatable bonds is 7. The van der Waals surface area contributed by atoms with Crippen LogP contribution in [0, 0.1) is 12.8 Å². The number of benzene rings is 2. The molecule has 9 heteroatoms. The van der Waals surface area contributed by atoms with Gasteiger partial charge in [-0.2, -0.15) is 0 Å². The number of fused-ring (bicyclic) bond motifs is 2. The van der Waals surface area contributed by atoms with Crippen molar-refractivity contribution in [3.8, 4) is 11.3 Å². The summed E-state index contributed by atoms with van der Waals surface area (Å²) in [4.78, 5) is 28.0. The van der Waals surface area contributed by atoms with Crippen LogP contribution in [-0.2, 0) is 20.9 Å². The van der Waals surface area contributed by atoms with E-state index in [1.54, 1.807) is 24.3 Å². The Bertz CT molecular complexity index is 1470. The molecule has 1 saturated heterocycles. The van der Waals surface area contributed by atoms with Crippen molar-refractivity contribution in [3.63, 3.8) is 0 Å². The number of carbonyl (C=O) groups excluding carboxylic acids is 2. The molecule has 6 rings (SSSR count). The summed E-state index contributed by atoms with van der Waals surface area (Å²) >= 11 is 13.0. The van der Waals surface area contributed by atoms with E-state index in [0.29, 0.717) is 32.8 Å². The van der Waals surface area contributed by atoms with Gasteiger partial charge in [0.05, 0.1) is 34.2 Å². The number of esters is 1. The predicted molar refractivity (Wildman–Crippen MR) is 153 cm³/mol. The van der Waals surface area contributed by atoms with Crippen LogP contribution >= 0.6 is 23.2 Å². The first-order valence-corrected chi connectivity index (χ1v) is 14.5. The number of aryl methyl sites for hydroxylation is 1. The number of carbonyl (C=O) groups is 2. The minimum Gasteiger partial charge on any atom is -0.456 e. The Morgan fingerprint density at radius 1 is 1.12 bits per heavy atom. The van der Waals surface area contributed by atoms with E-state index >= 15 is 0 Å². The zero-order valence-corrected chi connectivity index (χ0v) is 24.5. The molecule has 2 saturated carbocycles. The van der Waals surface area contributed by atoms with Crippen molar-refractivity contribution in [1.82, 2.24) is 5.16 Å².